The highest BCUT2D eigenvalue weighted by atomic mass is 16.6. The molecule has 0 aliphatic carbocycles. The molecule has 1 unspecified atom stereocenters. The van der Waals surface area contributed by atoms with Crippen LogP contribution in [0.4, 0.5) is 10.5 Å². The zero-order valence-electron chi connectivity index (χ0n) is 13.1. The number of aliphatic hydroxyl groups is 1. The van der Waals surface area contributed by atoms with Crippen LogP contribution in [0, 0.1) is 15.5 Å². The van der Waals surface area contributed by atoms with Crippen LogP contribution in [0.5, 0.6) is 0 Å². The Hall–Kier alpha value is -2.15. The predicted octanol–water partition coefficient (Wildman–Crippen LogP) is 2.19. The SMILES string of the molecule is CC(O)CC(C)(C)CNC(=O)NCc1cccc([N+](=O)[O-])c1. The Morgan fingerprint density at radius 1 is 1.41 bits per heavy atom. The summed E-state index contributed by atoms with van der Waals surface area (Å²) in [6.45, 7) is 6.27. The minimum absolute atomic E-state index is 0.00206. The average Bonchev–Trinajstić information content (AvgIpc) is 2.42. The van der Waals surface area contributed by atoms with Crippen LogP contribution in [0.1, 0.15) is 32.8 Å². The van der Waals surface area contributed by atoms with Crippen molar-refractivity contribution in [3.63, 3.8) is 0 Å². The molecule has 0 aliphatic rings. The first-order valence-corrected chi connectivity index (χ1v) is 7.13. The van der Waals surface area contributed by atoms with Crippen molar-refractivity contribution < 1.29 is 14.8 Å². The molecule has 7 heteroatoms. The number of nitrogens with one attached hydrogen (secondary N) is 2. The molecule has 0 fully saturated rings. The van der Waals surface area contributed by atoms with Crippen molar-refractivity contribution in [1.82, 2.24) is 10.6 Å². The number of hydrogen-bond donors (Lipinski definition) is 3. The van der Waals surface area contributed by atoms with E-state index in [9.17, 15) is 20.0 Å². The van der Waals surface area contributed by atoms with Gasteiger partial charge in [0.05, 0.1) is 11.0 Å². The summed E-state index contributed by atoms with van der Waals surface area (Å²) in [6, 6.07) is 5.79. The molecule has 2 amide bonds. The maximum absolute atomic E-state index is 11.7. The van der Waals surface area contributed by atoms with Gasteiger partial charge in [-0.2, -0.15) is 0 Å². The topological polar surface area (TPSA) is 104 Å². The van der Waals surface area contributed by atoms with Gasteiger partial charge in [0.15, 0.2) is 0 Å². The van der Waals surface area contributed by atoms with E-state index in [4.69, 9.17) is 0 Å². The fourth-order valence-electron chi connectivity index (χ4n) is 2.22. The number of nitro benzene ring substituents is 1. The van der Waals surface area contributed by atoms with E-state index in [1.807, 2.05) is 13.8 Å². The van der Waals surface area contributed by atoms with Gasteiger partial charge in [-0.1, -0.05) is 26.0 Å². The van der Waals surface area contributed by atoms with Crippen LogP contribution < -0.4 is 10.6 Å². The number of non-ortho nitro benzene ring substituents is 1. The summed E-state index contributed by atoms with van der Waals surface area (Å²) >= 11 is 0. The summed E-state index contributed by atoms with van der Waals surface area (Å²) in [4.78, 5) is 22.0. The number of rotatable bonds is 7. The molecule has 7 nitrogen and oxygen atoms in total. The number of urea groups is 1. The summed E-state index contributed by atoms with van der Waals surface area (Å²) in [6.07, 6.45) is 0.155. The second kappa shape index (κ2) is 7.74. The lowest BCUT2D eigenvalue weighted by Crippen LogP contribution is -2.41. The second-order valence-electron chi connectivity index (χ2n) is 6.18. The normalized spacial score (nSPS) is 12.5. The van der Waals surface area contributed by atoms with E-state index in [-0.39, 0.29) is 23.7 Å². The second-order valence-corrected chi connectivity index (χ2v) is 6.18. The Morgan fingerprint density at radius 3 is 2.68 bits per heavy atom. The standard InChI is InChI=1S/C15H23N3O4/c1-11(19)8-15(2,3)10-17-14(20)16-9-12-5-4-6-13(7-12)18(21)22/h4-7,11,19H,8-10H2,1-3H3,(H2,16,17,20). The number of nitro groups is 1. The number of amides is 2. The maximum Gasteiger partial charge on any atom is 0.315 e. The van der Waals surface area contributed by atoms with Gasteiger partial charge in [-0.15, -0.1) is 0 Å². The highest BCUT2D eigenvalue weighted by molar-refractivity contribution is 5.73. The Kier molecular flexibility index (Phi) is 6.30. The largest absolute Gasteiger partial charge is 0.393 e. The van der Waals surface area contributed by atoms with Crippen molar-refractivity contribution >= 4 is 11.7 Å². The molecule has 1 aromatic rings. The highest BCUT2D eigenvalue weighted by Crippen LogP contribution is 2.20. The monoisotopic (exact) mass is 309 g/mol. The molecule has 0 heterocycles. The molecule has 0 aliphatic heterocycles. The highest BCUT2D eigenvalue weighted by Gasteiger charge is 2.21. The van der Waals surface area contributed by atoms with Crippen LogP contribution in [0.15, 0.2) is 24.3 Å². The molecule has 0 radical (unpaired) electrons. The third-order valence-corrected chi connectivity index (χ3v) is 3.15. The van der Waals surface area contributed by atoms with Gasteiger partial charge in [0.25, 0.3) is 5.69 Å². The smallest absolute Gasteiger partial charge is 0.315 e. The number of aliphatic hydroxyl groups excluding tert-OH is 1. The van der Waals surface area contributed by atoms with Gasteiger partial charge < -0.3 is 15.7 Å². The number of carbonyl (C=O) groups is 1. The molecule has 3 N–H and O–H groups in total. The first kappa shape index (κ1) is 17.9. The molecule has 0 saturated carbocycles. The Balaban J connectivity index is 2.43. The van der Waals surface area contributed by atoms with Crippen molar-refractivity contribution in [1.29, 1.82) is 0 Å². The summed E-state index contributed by atoms with van der Waals surface area (Å²) < 4.78 is 0. The molecule has 0 saturated heterocycles. The third kappa shape index (κ3) is 6.53. The molecular weight excluding hydrogens is 286 g/mol. The van der Waals surface area contributed by atoms with Crippen molar-refractivity contribution in [3.05, 3.63) is 39.9 Å². The van der Waals surface area contributed by atoms with Gasteiger partial charge in [0.2, 0.25) is 0 Å². The summed E-state index contributed by atoms with van der Waals surface area (Å²) in [5.41, 5.74) is 0.446. The van der Waals surface area contributed by atoms with E-state index in [1.165, 1.54) is 12.1 Å². The van der Waals surface area contributed by atoms with Crippen LogP contribution in [0.3, 0.4) is 0 Å². The van der Waals surface area contributed by atoms with E-state index in [1.54, 1.807) is 19.1 Å². The number of benzene rings is 1. The molecule has 0 bridgehead atoms. The van der Waals surface area contributed by atoms with Crippen molar-refractivity contribution in [2.75, 3.05) is 6.54 Å². The maximum atomic E-state index is 11.7. The van der Waals surface area contributed by atoms with E-state index in [0.29, 0.717) is 18.5 Å². The van der Waals surface area contributed by atoms with Gasteiger partial charge >= 0.3 is 6.03 Å². The van der Waals surface area contributed by atoms with Crippen molar-refractivity contribution in [2.45, 2.75) is 39.8 Å². The fraction of sp³-hybridized carbons (Fsp3) is 0.533. The summed E-state index contributed by atoms with van der Waals surface area (Å²) in [5.74, 6) is 0. The van der Waals surface area contributed by atoms with Gasteiger partial charge in [0, 0.05) is 25.2 Å². The van der Waals surface area contributed by atoms with Crippen LogP contribution in [-0.2, 0) is 6.54 Å². The van der Waals surface area contributed by atoms with Crippen LogP contribution >= 0.6 is 0 Å². The minimum atomic E-state index is -0.470. The molecule has 0 spiro atoms. The average molecular weight is 309 g/mol. The lowest BCUT2D eigenvalue weighted by molar-refractivity contribution is -0.384. The van der Waals surface area contributed by atoms with E-state index in [0.717, 1.165) is 0 Å². The lowest BCUT2D eigenvalue weighted by atomic mass is 9.87. The first-order valence-electron chi connectivity index (χ1n) is 7.13. The lowest BCUT2D eigenvalue weighted by Gasteiger charge is -2.26. The number of nitrogens with zero attached hydrogens (tertiary/aromatic N) is 1. The van der Waals surface area contributed by atoms with E-state index in [2.05, 4.69) is 10.6 Å². The predicted molar refractivity (Wildman–Crippen MR) is 83.4 cm³/mol. The Morgan fingerprint density at radius 2 is 2.09 bits per heavy atom. The Bertz CT molecular complexity index is 529. The minimum Gasteiger partial charge on any atom is -0.393 e. The zero-order chi connectivity index (χ0) is 16.8. The number of hydrogen-bond acceptors (Lipinski definition) is 4. The molecule has 1 aromatic carbocycles. The van der Waals surface area contributed by atoms with Gasteiger partial charge in [-0.25, -0.2) is 4.79 Å². The molecule has 22 heavy (non-hydrogen) atoms. The van der Waals surface area contributed by atoms with Crippen LogP contribution in [0.2, 0.25) is 0 Å². The summed E-state index contributed by atoms with van der Waals surface area (Å²) in [7, 11) is 0. The van der Waals surface area contributed by atoms with Crippen molar-refractivity contribution in [3.8, 4) is 0 Å². The van der Waals surface area contributed by atoms with Gasteiger partial charge in [0.1, 0.15) is 0 Å². The fourth-order valence-corrected chi connectivity index (χ4v) is 2.22. The first-order chi connectivity index (χ1) is 10.2. The quantitative estimate of drug-likeness (QED) is 0.530. The Labute approximate surface area is 129 Å². The summed E-state index contributed by atoms with van der Waals surface area (Å²) in [5, 5.41) is 25.5. The molecule has 1 rings (SSSR count). The number of carbonyl (C=O) groups excluding carboxylic acids is 1. The van der Waals surface area contributed by atoms with Gasteiger partial charge in [-0.05, 0) is 24.3 Å². The third-order valence-electron chi connectivity index (χ3n) is 3.15. The van der Waals surface area contributed by atoms with E-state index < -0.39 is 11.0 Å². The molecule has 122 valence electrons. The van der Waals surface area contributed by atoms with Crippen molar-refractivity contribution in [2.24, 2.45) is 5.41 Å². The van der Waals surface area contributed by atoms with E-state index >= 15 is 0 Å². The zero-order valence-corrected chi connectivity index (χ0v) is 13.1. The van der Waals surface area contributed by atoms with Gasteiger partial charge in [-0.3, -0.25) is 10.1 Å². The molecule has 1 atom stereocenters. The molecule has 0 aromatic heterocycles. The van der Waals surface area contributed by atoms with Crippen LogP contribution in [0.25, 0.3) is 0 Å². The van der Waals surface area contributed by atoms with Crippen LogP contribution in [-0.4, -0.2) is 28.7 Å². The molecular formula is C15H23N3O4.